The third-order valence-corrected chi connectivity index (χ3v) is 5.25. The quantitative estimate of drug-likeness (QED) is 0.700. The number of carbonyl (C=O) groups excluding carboxylic acids is 1. The molecule has 6 heteroatoms. The van der Waals surface area contributed by atoms with E-state index in [0.29, 0.717) is 25.4 Å². The first-order chi connectivity index (χ1) is 7.97. The van der Waals surface area contributed by atoms with E-state index in [0.717, 1.165) is 12.8 Å². The van der Waals surface area contributed by atoms with Crippen molar-refractivity contribution < 1.29 is 17.9 Å². The number of nitrogens with one attached hydrogen (secondary N) is 1. The van der Waals surface area contributed by atoms with Gasteiger partial charge in [0.25, 0.3) is 0 Å². The fourth-order valence-corrected chi connectivity index (χ4v) is 3.72. The summed E-state index contributed by atoms with van der Waals surface area (Å²) in [5.41, 5.74) is 0. The maximum Gasteiger partial charge on any atom is 0.309 e. The van der Waals surface area contributed by atoms with Crippen molar-refractivity contribution in [1.82, 2.24) is 5.32 Å². The highest BCUT2D eigenvalue weighted by atomic mass is 32.2. The Hall–Kier alpha value is -0.620. The number of hydrogen-bond donors (Lipinski definition) is 1. The Morgan fingerprint density at radius 1 is 1.53 bits per heavy atom. The lowest BCUT2D eigenvalue weighted by Crippen LogP contribution is -2.35. The molecule has 0 aromatic rings. The Kier molecular flexibility index (Phi) is 5.39. The molecule has 5 nitrogen and oxygen atoms in total. The maximum absolute atomic E-state index is 11.5. The highest BCUT2D eigenvalue weighted by molar-refractivity contribution is 7.92. The highest BCUT2D eigenvalue weighted by Crippen LogP contribution is 2.19. The summed E-state index contributed by atoms with van der Waals surface area (Å²) >= 11 is 0. The largest absolute Gasteiger partial charge is 0.466 e. The van der Waals surface area contributed by atoms with Crippen LogP contribution in [0.3, 0.4) is 0 Å². The second-order valence-electron chi connectivity index (χ2n) is 4.44. The Bertz CT molecular complexity index is 352. The van der Waals surface area contributed by atoms with Crippen LogP contribution in [-0.4, -0.2) is 45.1 Å². The van der Waals surface area contributed by atoms with Gasteiger partial charge in [0.1, 0.15) is 0 Å². The molecule has 1 rings (SSSR count). The van der Waals surface area contributed by atoms with Gasteiger partial charge in [0.05, 0.1) is 23.5 Å². The van der Waals surface area contributed by atoms with Crippen molar-refractivity contribution in [2.45, 2.75) is 31.9 Å². The van der Waals surface area contributed by atoms with Crippen LogP contribution in [0.25, 0.3) is 0 Å². The minimum atomic E-state index is -2.89. The van der Waals surface area contributed by atoms with Crippen molar-refractivity contribution >= 4 is 15.8 Å². The molecule has 0 bridgehead atoms. The van der Waals surface area contributed by atoms with Gasteiger partial charge in [-0.3, -0.25) is 4.79 Å². The number of hydrogen-bond acceptors (Lipinski definition) is 5. The Morgan fingerprint density at radius 3 is 2.76 bits per heavy atom. The third-order valence-electron chi connectivity index (χ3n) is 2.97. The van der Waals surface area contributed by atoms with Crippen LogP contribution >= 0.6 is 0 Å². The molecule has 1 N–H and O–H groups in total. The molecule has 100 valence electrons. The van der Waals surface area contributed by atoms with Crippen LogP contribution in [0.1, 0.15) is 26.7 Å². The summed E-state index contributed by atoms with van der Waals surface area (Å²) in [4.78, 5) is 11.3. The van der Waals surface area contributed by atoms with Crippen LogP contribution in [0.5, 0.6) is 0 Å². The van der Waals surface area contributed by atoms with E-state index in [1.165, 1.54) is 0 Å². The van der Waals surface area contributed by atoms with E-state index in [-0.39, 0.29) is 17.1 Å². The average Bonchev–Trinajstić information content (AvgIpc) is 2.58. The normalized spacial score (nSPS) is 24.5. The summed E-state index contributed by atoms with van der Waals surface area (Å²) in [5.74, 6) is -0.180. The summed E-state index contributed by atoms with van der Waals surface area (Å²) in [6.45, 7) is 4.81. The highest BCUT2D eigenvalue weighted by Gasteiger charge is 2.30. The van der Waals surface area contributed by atoms with Gasteiger partial charge in [0.2, 0.25) is 0 Å². The van der Waals surface area contributed by atoms with E-state index < -0.39 is 9.84 Å². The van der Waals surface area contributed by atoms with Crippen molar-refractivity contribution in [3.05, 3.63) is 0 Å². The van der Waals surface area contributed by atoms with Crippen LogP contribution in [0.2, 0.25) is 0 Å². The molecule has 1 heterocycles. The zero-order valence-corrected chi connectivity index (χ0v) is 11.3. The van der Waals surface area contributed by atoms with E-state index >= 15 is 0 Å². The lowest BCUT2D eigenvalue weighted by molar-refractivity contribution is -0.147. The first kappa shape index (κ1) is 14.4. The molecule has 0 aromatic heterocycles. The molecule has 1 aliphatic heterocycles. The summed E-state index contributed by atoms with van der Waals surface area (Å²) in [6.07, 6.45) is 1.48. The van der Waals surface area contributed by atoms with Gasteiger partial charge in [-0.25, -0.2) is 8.42 Å². The Labute approximate surface area is 103 Å². The Balaban J connectivity index is 2.26. The fraction of sp³-hybridized carbons (Fsp3) is 0.909. The van der Waals surface area contributed by atoms with E-state index in [9.17, 15) is 13.2 Å². The molecule has 0 amide bonds. The van der Waals surface area contributed by atoms with Crippen molar-refractivity contribution in [3.8, 4) is 0 Å². The molecule has 2 unspecified atom stereocenters. The molecule has 1 saturated heterocycles. The summed E-state index contributed by atoms with van der Waals surface area (Å²) in [5, 5.41) is 2.76. The van der Waals surface area contributed by atoms with Crippen LogP contribution < -0.4 is 5.32 Å². The van der Waals surface area contributed by atoms with E-state index in [1.54, 1.807) is 13.8 Å². The van der Waals surface area contributed by atoms with Gasteiger partial charge in [-0.2, -0.15) is 0 Å². The molecule has 0 aliphatic carbocycles. The lowest BCUT2D eigenvalue weighted by Gasteiger charge is -2.14. The first-order valence-electron chi connectivity index (χ1n) is 6.06. The SMILES string of the molecule is CCOC(=O)C(C)CNCC1CCCS1(=O)=O. The standard InChI is InChI=1S/C11H21NO4S/c1-3-16-11(13)9(2)7-12-8-10-5-4-6-17(10,14)15/h9-10,12H,3-8H2,1-2H3. The van der Waals surface area contributed by atoms with Crippen LogP contribution in [0, 0.1) is 5.92 Å². The zero-order chi connectivity index (χ0) is 12.9. The minimum absolute atomic E-state index is 0.237. The van der Waals surface area contributed by atoms with Gasteiger partial charge in [-0.1, -0.05) is 6.92 Å². The number of ether oxygens (including phenoxy) is 1. The summed E-state index contributed by atoms with van der Waals surface area (Å²) in [7, 11) is -2.89. The van der Waals surface area contributed by atoms with Gasteiger partial charge >= 0.3 is 5.97 Å². The molecule has 1 aliphatic rings. The van der Waals surface area contributed by atoms with Gasteiger partial charge in [-0.15, -0.1) is 0 Å². The third kappa shape index (κ3) is 4.27. The van der Waals surface area contributed by atoms with E-state index in [1.807, 2.05) is 0 Å². The van der Waals surface area contributed by atoms with Crippen molar-refractivity contribution in [2.24, 2.45) is 5.92 Å². The van der Waals surface area contributed by atoms with E-state index in [2.05, 4.69) is 5.32 Å². The van der Waals surface area contributed by atoms with Crippen LogP contribution in [0.15, 0.2) is 0 Å². The van der Waals surface area contributed by atoms with Gasteiger partial charge < -0.3 is 10.1 Å². The predicted molar refractivity (Wildman–Crippen MR) is 65.5 cm³/mol. The second kappa shape index (κ2) is 6.35. The molecule has 2 atom stereocenters. The van der Waals surface area contributed by atoms with Crippen LogP contribution in [0.4, 0.5) is 0 Å². The summed E-state index contributed by atoms with van der Waals surface area (Å²) in [6, 6.07) is 0. The maximum atomic E-state index is 11.5. The predicted octanol–water partition coefficient (Wildman–Crippen LogP) is 0.352. The smallest absolute Gasteiger partial charge is 0.309 e. The topological polar surface area (TPSA) is 72.5 Å². The van der Waals surface area contributed by atoms with Gasteiger partial charge in [-0.05, 0) is 19.8 Å². The number of esters is 1. The lowest BCUT2D eigenvalue weighted by atomic mass is 10.2. The van der Waals surface area contributed by atoms with E-state index in [4.69, 9.17) is 4.74 Å². The molecule has 17 heavy (non-hydrogen) atoms. The monoisotopic (exact) mass is 263 g/mol. The first-order valence-corrected chi connectivity index (χ1v) is 7.78. The fourth-order valence-electron chi connectivity index (χ4n) is 1.92. The van der Waals surface area contributed by atoms with Crippen LogP contribution in [-0.2, 0) is 19.4 Å². The van der Waals surface area contributed by atoms with Gasteiger partial charge in [0.15, 0.2) is 9.84 Å². The Morgan fingerprint density at radius 2 is 2.24 bits per heavy atom. The molecular weight excluding hydrogens is 242 g/mol. The van der Waals surface area contributed by atoms with Gasteiger partial charge in [0, 0.05) is 13.1 Å². The molecule has 0 spiro atoms. The number of carbonyl (C=O) groups is 1. The minimum Gasteiger partial charge on any atom is -0.466 e. The van der Waals surface area contributed by atoms with Crippen molar-refractivity contribution in [3.63, 3.8) is 0 Å². The molecule has 0 saturated carbocycles. The molecule has 0 aromatic carbocycles. The molecule has 1 fully saturated rings. The van der Waals surface area contributed by atoms with Crippen molar-refractivity contribution in [1.29, 1.82) is 0 Å². The number of rotatable bonds is 6. The molecule has 0 radical (unpaired) electrons. The van der Waals surface area contributed by atoms with Crippen molar-refractivity contribution in [2.75, 3.05) is 25.4 Å². The second-order valence-corrected chi connectivity index (χ2v) is 6.84. The average molecular weight is 263 g/mol. The zero-order valence-electron chi connectivity index (χ0n) is 10.4. The number of sulfone groups is 1. The molecular formula is C11H21NO4S. The summed E-state index contributed by atoms with van der Waals surface area (Å²) < 4.78 is 28.0.